The smallest absolute Gasteiger partial charge is 0.251 e. The van der Waals surface area contributed by atoms with Gasteiger partial charge in [-0.2, -0.15) is 0 Å². The Morgan fingerprint density at radius 1 is 0.879 bits per heavy atom. The molecule has 0 spiro atoms. The molecule has 0 fully saturated rings. The van der Waals surface area contributed by atoms with Crippen LogP contribution in [-0.4, -0.2) is 22.0 Å². The Morgan fingerprint density at radius 2 is 1.55 bits per heavy atom. The van der Waals surface area contributed by atoms with Gasteiger partial charge in [0.2, 0.25) is 0 Å². The summed E-state index contributed by atoms with van der Waals surface area (Å²) in [5, 5.41) is 3.64. The predicted molar refractivity (Wildman–Crippen MR) is 139 cm³/mol. The van der Waals surface area contributed by atoms with Crippen molar-refractivity contribution >= 4 is 28.5 Å². The van der Waals surface area contributed by atoms with Gasteiger partial charge in [-0.3, -0.25) is 4.79 Å². The average molecular weight is 468 g/mol. The van der Waals surface area contributed by atoms with Gasteiger partial charge in [0.25, 0.3) is 5.91 Å². The maximum atomic E-state index is 12.3. The SMILES string of the molecule is CCCCCCCCCCCn1c(CCCNC(=O)c2ccc(Cl)cc2)nc2ccccc21. The number of para-hydroxylation sites is 2. The lowest BCUT2D eigenvalue weighted by Gasteiger charge is -2.10. The van der Waals surface area contributed by atoms with Gasteiger partial charge in [0.1, 0.15) is 5.82 Å². The van der Waals surface area contributed by atoms with Gasteiger partial charge in [-0.05, 0) is 49.2 Å². The monoisotopic (exact) mass is 467 g/mol. The second kappa shape index (κ2) is 14.0. The number of benzene rings is 2. The second-order valence-electron chi connectivity index (χ2n) is 8.86. The first-order valence-electron chi connectivity index (χ1n) is 12.7. The average Bonchev–Trinajstić information content (AvgIpc) is 3.18. The predicted octanol–water partition coefficient (Wildman–Crippen LogP) is 7.58. The number of rotatable bonds is 15. The van der Waals surface area contributed by atoms with Crippen LogP contribution in [0.25, 0.3) is 11.0 Å². The number of halogens is 1. The summed E-state index contributed by atoms with van der Waals surface area (Å²) in [4.78, 5) is 17.2. The molecule has 0 aliphatic carbocycles. The molecule has 0 saturated carbocycles. The third kappa shape index (κ3) is 8.19. The first-order valence-corrected chi connectivity index (χ1v) is 13.0. The zero-order valence-corrected chi connectivity index (χ0v) is 20.7. The minimum absolute atomic E-state index is 0.0603. The molecule has 0 aliphatic rings. The number of carbonyl (C=O) groups is 1. The summed E-state index contributed by atoms with van der Waals surface area (Å²) in [6, 6.07) is 15.4. The highest BCUT2D eigenvalue weighted by molar-refractivity contribution is 6.30. The van der Waals surface area contributed by atoms with Crippen molar-refractivity contribution in [3.63, 3.8) is 0 Å². The molecule has 1 aromatic heterocycles. The van der Waals surface area contributed by atoms with E-state index in [9.17, 15) is 4.79 Å². The molecule has 3 rings (SSSR count). The number of imidazole rings is 1. The standard InChI is InChI=1S/C28H38ClN3O/c1-2-3-4-5-6-7-8-9-12-22-32-26-15-11-10-14-25(26)31-27(32)16-13-21-30-28(33)23-17-19-24(29)20-18-23/h10-11,14-15,17-20H,2-9,12-13,16,21-22H2,1H3,(H,30,33). The van der Waals surface area contributed by atoms with Crippen molar-refractivity contribution in [2.45, 2.75) is 84.1 Å². The molecular weight excluding hydrogens is 430 g/mol. The number of aryl methyl sites for hydroxylation is 2. The van der Waals surface area contributed by atoms with Crippen molar-refractivity contribution < 1.29 is 4.79 Å². The summed E-state index contributed by atoms with van der Waals surface area (Å²) in [5.41, 5.74) is 2.92. The van der Waals surface area contributed by atoms with Gasteiger partial charge in [-0.25, -0.2) is 4.98 Å². The van der Waals surface area contributed by atoms with Crippen LogP contribution in [0.4, 0.5) is 0 Å². The van der Waals surface area contributed by atoms with E-state index >= 15 is 0 Å². The Balaban J connectivity index is 1.45. The van der Waals surface area contributed by atoms with Crippen LogP contribution in [0.5, 0.6) is 0 Å². The summed E-state index contributed by atoms with van der Waals surface area (Å²) >= 11 is 5.90. The number of fused-ring (bicyclic) bond motifs is 1. The molecule has 1 heterocycles. The fourth-order valence-electron chi connectivity index (χ4n) is 4.30. The van der Waals surface area contributed by atoms with Crippen LogP contribution in [0.3, 0.4) is 0 Å². The van der Waals surface area contributed by atoms with E-state index < -0.39 is 0 Å². The minimum atomic E-state index is -0.0603. The molecule has 0 bridgehead atoms. The molecule has 0 unspecified atom stereocenters. The number of amides is 1. The van der Waals surface area contributed by atoms with Crippen molar-refractivity contribution in [3.05, 3.63) is 64.9 Å². The lowest BCUT2D eigenvalue weighted by Crippen LogP contribution is -2.25. The molecule has 3 aromatic rings. The fraction of sp³-hybridized carbons (Fsp3) is 0.500. The number of hydrogen-bond acceptors (Lipinski definition) is 2. The summed E-state index contributed by atoms with van der Waals surface area (Å²) < 4.78 is 2.39. The summed E-state index contributed by atoms with van der Waals surface area (Å²) in [6.07, 6.45) is 13.7. The van der Waals surface area contributed by atoms with E-state index in [0.717, 1.165) is 30.7 Å². The van der Waals surface area contributed by atoms with Crippen LogP contribution < -0.4 is 5.32 Å². The van der Waals surface area contributed by atoms with E-state index in [1.54, 1.807) is 24.3 Å². The van der Waals surface area contributed by atoms with Crippen molar-refractivity contribution in [3.8, 4) is 0 Å². The Morgan fingerprint density at radius 3 is 2.27 bits per heavy atom. The van der Waals surface area contributed by atoms with Crippen molar-refractivity contribution in [1.82, 2.24) is 14.9 Å². The van der Waals surface area contributed by atoms with Gasteiger partial charge in [0.15, 0.2) is 0 Å². The molecule has 0 saturated heterocycles. The molecule has 1 amide bonds. The highest BCUT2D eigenvalue weighted by Gasteiger charge is 2.11. The Labute approximate surface area is 203 Å². The third-order valence-corrected chi connectivity index (χ3v) is 6.44. The maximum absolute atomic E-state index is 12.3. The lowest BCUT2D eigenvalue weighted by atomic mass is 10.1. The normalized spacial score (nSPS) is 11.2. The van der Waals surface area contributed by atoms with Gasteiger partial charge in [0, 0.05) is 30.1 Å². The molecule has 178 valence electrons. The fourth-order valence-corrected chi connectivity index (χ4v) is 4.42. The maximum Gasteiger partial charge on any atom is 0.251 e. The minimum Gasteiger partial charge on any atom is -0.352 e. The van der Waals surface area contributed by atoms with E-state index in [-0.39, 0.29) is 5.91 Å². The van der Waals surface area contributed by atoms with Crippen molar-refractivity contribution in [2.24, 2.45) is 0 Å². The Bertz CT molecular complexity index is 980. The zero-order valence-electron chi connectivity index (χ0n) is 20.0. The van der Waals surface area contributed by atoms with E-state index in [0.29, 0.717) is 17.1 Å². The zero-order chi connectivity index (χ0) is 23.3. The van der Waals surface area contributed by atoms with Gasteiger partial charge in [-0.1, -0.05) is 82.0 Å². The quantitative estimate of drug-likeness (QED) is 0.234. The molecule has 1 N–H and O–H groups in total. The molecule has 5 heteroatoms. The van der Waals surface area contributed by atoms with E-state index in [4.69, 9.17) is 16.6 Å². The molecule has 0 radical (unpaired) electrons. The molecular formula is C28H38ClN3O. The Hall–Kier alpha value is -2.33. The van der Waals surface area contributed by atoms with Crippen LogP contribution in [0.15, 0.2) is 48.5 Å². The van der Waals surface area contributed by atoms with Crippen LogP contribution in [0.1, 0.15) is 87.3 Å². The molecule has 4 nitrogen and oxygen atoms in total. The van der Waals surface area contributed by atoms with E-state index in [1.165, 1.54) is 63.3 Å². The van der Waals surface area contributed by atoms with Gasteiger partial charge < -0.3 is 9.88 Å². The van der Waals surface area contributed by atoms with E-state index in [1.807, 2.05) is 6.07 Å². The van der Waals surface area contributed by atoms with Crippen LogP contribution >= 0.6 is 11.6 Å². The topological polar surface area (TPSA) is 46.9 Å². The number of carbonyl (C=O) groups excluding carboxylic acids is 1. The van der Waals surface area contributed by atoms with Crippen molar-refractivity contribution in [1.29, 1.82) is 0 Å². The van der Waals surface area contributed by atoms with Gasteiger partial charge in [0.05, 0.1) is 11.0 Å². The largest absolute Gasteiger partial charge is 0.352 e. The Kier molecular flexibility index (Phi) is 10.8. The summed E-state index contributed by atoms with van der Waals surface area (Å²) in [5.74, 6) is 1.06. The number of aromatic nitrogens is 2. The first-order chi connectivity index (χ1) is 16.2. The summed E-state index contributed by atoms with van der Waals surface area (Å²) in [6.45, 7) is 3.91. The number of hydrogen-bond donors (Lipinski definition) is 1. The van der Waals surface area contributed by atoms with Gasteiger partial charge in [-0.15, -0.1) is 0 Å². The third-order valence-electron chi connectivity index (χ3n) is 6.19. The highest BCUT2D eigenvalue weighted by atomic mass is 35.5. The second-order valence-corrected chi connectivity index (χ2v) is 9.30. The van der Waals surface area contributed by atoms with Crippen LogP contribution in [0.2, 0.25) is 5.02 Å². The van der Waals surface area contributed by atoms with Crippen molar-refractivity contribution in [2.75, 3.05) is 6.54 Å². The number of nitrogens with one attached hydrogen (secondary N) is 1. The van der Waals surface area contributed by atoms with Crippen LogP contribution in [-0.2, 0) is 13.0 Å². The molecule has 0 aliphatic heterocycles. The molecule has 33 heavy (non-hydrogen) atoms. The summed E-state index contributed by atoms with van der Waals surface area (Å²) in [7, 11) is 0. The first kappa shape index (κ1) is 25.3. The molecule has 2 aromatic carbocycles. The van der Waals surface area contributed by atoms with Crippen LogP contribution in [0, 0.1) is 0 Å². The lowest BCUT2D eigenvalue weighted by molar-refractivity contribution is 0.0953. The number of nitrogens with zero attached hydrogens (tertiary/aromatic N) is 2. The number of unbranched alkanes of at least 4 members (excludes halogenated alkanes) is 8. The van der Waals surface area contributed by atoms with Gasteiger partial charge >= 0.3 is 0 Å². The molecule has 0 atom stereocenters. The van der Waals surface area contributed by atoms with E-state index in [2.05, 4.69) is 35.0 Å². The highest BCUT2D eigenvalue weighted by Crippen LogP contribution is 2.19.